The van der Waals surface area contributed by atoms with Crippen molar-refractivity contribution in [1.29, 1.82) is 0 Å². The molecule has 0 radical (unpaired) electrons. The molecule has 0 spiro atoms. The summed E-state index contributed by atoms with van der Waals surface area (Å²) in [5, 5.41) is 11.6. The fraction of sp³-hybridized carbons (Fsp3) is 0.531. The van der Waals surface area contributed by atoms with Crippen molar-refractivity contribution in [3.8, 4) is 5.75 Å². The lowest BCUT2D eigenvalue weighted by Gasteiger charge is -2.52. The molecule has 206 valence electrons. The molecule has 1 aliphatic carbocycles. The summed E-state index contributed by atoms with van der Waals surface area (Å²) < 4.78 is 12.0. The van der Waals surface area contributed by atoms with Crippen LogP contribution >= 0.6 is 11.6 Å². The first kappa shape index (κ1) is 28.5. The summed E-state index contributed by atoms with van der Waals surface area (Å²) in [6, 6.07) is 11.6. The van der Waals surface area contributed by atoms with E-state index in [1.165, 1.54) is 5.56 Å². The summed E-state index contributed by atoms with van der Waals surface area (Å²) in [6.45, 7) is 12.5. The maximum Gasteiger partial charge on any atom is 0.338 e. The number of carbonyl (C=O) groups excluding carboxylic acids is 1. The Morgan fingerprint density at radius 2 is 2.08 bits per heavy atom. The van der Waals surface area contributed by atoms with Gasteiger partial charge in [-0.05, 0) is 97.2 Å². The number of halogens is 1. The number of aliphatic hydroxyl groups excluding tert-OH is 1. The van der Waals surface area contributed by atoms with Gasteiger partial charge in [0.05, 0.1) is 24.0 Å². The predicted octanol–water partition coefficient (Wildman–Crippen LogP) is 7.23. The fourth-order valence-electron chi connectivity index (χ4n) is 5.63. The average molecular weight is 540 g/mol. The molecule has 2 aromatic rings. The van der Waals surface area contributed by atoms with Gasteiger partial charge < -0.3 is 19.5 Å². The van der Waals surface area contributed by atoms with Crippen molar-refractivity contribution in [3.63, 3.8) is 0 Å². The van der Waals surface area contributed by atoms with Crippen molar-refractivity contribution in [2.45, 2.75) is 72.0 Å². The molecule has 1 N–H and O–H groups in total. The van der Waals surface area contributed by atoms with Crippen LogP contribution in [0.25, 0.3) is 0 Å². The highest BCUT2D eigenvalue weighted by atomic mass is 35.5. The van der Waals surface area contributed by atoms with Crippen LogP contribution in [-0.2, 0) is 17.8 Å². The third-order valence-corrected chi connectivity index (χ3v) is 8.55. The molecule has 1 saturated carbocycles. The quantitative estimate of drug-likeness (QED) is 0.283. The van der Waals surface area contributed by atoms with E-state index in [2.05, 4.69) is 18.4 Å². The number of carbonyl (C=O) groups is 1. The zero-order valence-electron chi connectivity index (χ0n) is 23.0. The van der Waals surface area contributed by atoms with Crippen LogP contribution in [0.1, 0.15) is 74.4 Å². The Balaban J connectivity index is 1.66. The van der Waals surface area contributed by atoms with Gasteiger partial charge in [0.1, 0.15) is 12.4 Å². The van der Waals surface area contributed by atoms with Gasteiger partial charge in [0.25, 0.3) is 0 Å². The molecule has 38 heavy (non-hydrogen) atoms. The lowest BCUT2D eigenvalue weighted by molar-refractivity contribution is -0.0693. The molecule has 1 aliphatic heterocycles. The summed E-state index contributed by atoms with van der Waals surface area (Å²) in [5.74, 6) is 1.04. The van der Waals surface area contributed by atoms with E-state index >= 15 is 0 Å². The molecule has 0 unspecified atom stereocenters. The lowest BCUT2D eigenvalue weighted by atomic mass is 9.57. The summed E-state index contributed by atoms with van der Waals surface area (Å²) in [6.07, 6.45) is 7.02. The summed E-state index contributed by atoms with van der Waals surface area (Å²) in [4.78, 5) is 15.2. The van der Waals surface area contributed by atoms with Crippen LogP contribution in [0.2, 0.25) is 5.02 Å². The Labute approximate surface area is 232 Å². The molecule has 2 aliphatic rings. The van der Waals surface area contributed by atoms with Crippen molar-refractivity contribution in [3.05, 3.63) is 70.8 Å². The summed E-state index contributed by atoms with van der Waals surface area (Å²) in [5.41, 5.74) is 3.65. The molecule has 4 rings (SSSR count). The van der Waals surface area contributed by atoms with Gasteiger partial charge in [-0.2, -0.15) is 0 Å². The van der Waals surface area contributed by atoms with E-state index in [1.54, 1.807) is 12.1 Å². The van der Waals surface area contributed by atoms with E-state index in [-0.39, 0.29) is 17.3 Å². The highest BCUT2D eigenvalue weighted by Gasteiger charge is 2.48. The Morgan fingerprint density at radius 3 is 2.79 bits per heavy atom. The minimum absolute atomic E-state index is 0.151. The molecule has 5 nitrogen and oxygen atoms in total. The maximum absolute atomic E-state index is 12.9. The van der Waals surface area contributed by atoms with Crippen LogP contribution in [0.4, 0.5) is 5.69 Å². The van der Waals surface area contributed by atoms with Gasteiger partial charge in [-0.3, -0.25) is 0 Å². The number of benzene rings is 2. The smallest absolute Gasteiger partial charge is 0.338 e. The lowest BCUT2D eigenvalue weighted by Crippen LogP contribution is -2.51. The number of ether oxygens (including phenoxy) is 2. The third kappa shape index (κ3) is 6.55. The predicted molar refractivity (Wildman–Crippen MR) is 154 cm³/mol. The number of fused-ring (bicyclic) bond motifs is 2. The van der Waals surface area contributed by atoms with Crippen LogP contribution in [-0.4, -0.2) is 36.9 Å². The molecule has 3 atom stereocenters. The molecular formula is C32H42ClNO4. The fourth-order valence-corrected chi connectivity index (χ4v) is 5.82. The van der Waals surface area contributed by atoms with Crippen LogP contribution in [0, 0.1) is 17.3 Å². The number of rotatable bonds is 8. The highest BCUT2D eigenvalue weighted by Crippen LogP contribution is 2.51. The zero-order chi connectivity index (χ0) is 27.3. The van der Waals surface area contributed by atoms with Gasteiger partial charge in [0.15, 0.2) is 0 Å². The largest absolute Gasteiger partial charge is 0.487 e. The zero-order valence-corrected chi connectivity index (χ0v) is 23.8. The Bertz CT molecular complexity index is 1130. The molecule has 0 bridgehead atoms. The van der Waals surface area contributed by atoms with Crippen molar-refractivity contribution < 1.29 is 19.4 Å². The number of hydrogen-bond donors (Lipinski definition) is 1. The van der Waals surface area contributed by atoms with Crippen LogP contribution < -0.4 is 9.64 Å². The number of hydrogen-bond acceptors (Lipinski definition) is 5. The van der Waals surface area contributed by atoms with E-state index in [0.717, 1.165) is 67.2 Å². The van der Waals surface area contributed by atoms with Crippen LogP contribution in [0.15, 0.2) is 49.1 Å². The molecule has 0 saturated heterocycles. The normalized spacial score (nSPS) is 22.3. The number of nitrogens with zero attached hydrogens (tertiary/aromatic N) is 1. The topological polar surface area (TPSA) is 59.0 Å². The van der Waals surface area contributed by atoms with Crippen LogP contribution in [0.3, 0.4) is 0 Å². The number of aliphatic hydroxyl groups is 1. The van der Waals surface area contributed by atoms with Gasteiger partial charge >= 0.3 is 5.97 Å². The first-order chi connectivity index (χ1) is 18.2. The van der Waals surface area contributed by atoms with Crippen molar-refractivity contribution >= 4 is 23.3 Å². The van der Waals surface area contributed by atoms with Gasteiger partial charge in [-0.15, -0.1) is 6.58 Å². The van der Waals surface area contributed by atoms with E-state index in [9.17, 15) is 9.90 Å². The summed E-state index contributed by atoms with van der Waals surface area (Å²) >= 11 is 6.31. The third-order valence-electron chi connectivity index (χ3n) is 8.31. The standard InChI is InChI=1S/C32H42ClNO4/c1-5-8-30(35)32(4)15-14-26(32)19-34-16-7-6-9-23-17-27(33)12-10-25(23)21-37-29-13-11-24(18-28(29)34)31(36)38-20-22(2)3/h5,10-13,17-18,22,26,30,35H,1,6-9,14-16,19-21H2,2-4H3/t26-,30+,32-/m1/s1. The first-order valence-electron chi connectivity index (χ1n) is 14.0. The van der Waals surface area contributed by atoms with E-state index in [0.29, 0.717) is 31.1 Å². The Kier molecular flexibility index (Phi) is 9.43. The second-order valence-electron chi connectivity index (χ2n) is 11.6. The minimum Gasteiger partial charge on any atom is -0.487 e. The van der Waals surface area contributed by atoms with E-state index < -0.39 is 6.10 Å². The average Bonchev–Trinajstić information content (AvgIpc) is 2.92. The summed E-state index contributed by atoms with van der Waals surface area (Å²) in [7, 11) is 0. The molecule has 6 heteroatoms. The Hall–Kier alpha value is -2.50. The van der Waals surface area contributed by atoms with Gasteiger partial charge in [0.2, 0.25) is 0 Å². The number of aryl methyl sites for hydroxylation is 1. The molecule has 0 aromatic heterocycles. The van der Waals surface area contributed by atoms with Crippen molar-refractivity contribution in [2.75, 3.05) is 24.6 Å². The van der Waals surface area contributed by atoms with E-state index in [1.807, 2.05) is 44.2 Å². The molecule has 1 heterocycles. The van der Waals surface area contributed by atoms with Gasteiger partial charge in [-0.25, -0.2) is 4.79 Å². The van der Waals surface area contributed by atoms with Crippen molar-refractivity contribution in [2.24, 2.45) is 17.3 Å². The maximum atomic E-state index is 12.9. The molecule has 2 aromatic carbocycles. The number of esters is 1. The SMILES string of the molecule is C=CC[C@H](O)[C@]1(C)CC[C@@H]1CN1CCCCc2cc(Cl)ccc2COc2ccc(C(=O)OCC(C)C)cc21. The van der Waals surface area contributed by atoms with Crippen molar-refractivity contribution in [1.82, 2.24) is 0 Å². The van der Waals surface area contributed by atoms with Crippen LogP contribution in [0.5, 0.6) is 5.75 Å². The highest BCUT2D eigenvalue weighted by molar-refractivity contribution is 6.30. The van der Waals surface area contributed by atoms with Gasteiger partial charge in [0, 0.05) is 18.1 Å². The second kappa shape index (κ2) is 12.6. The van der Waals surface area contributed by atoms with Gasteiger partial charge in [-0.1, -0.05) is 44.5 Å². The number of anilines is 1. The molecular weight excluding hydrogens is 498 g/mol. The monoisotopic (exact) mass is 539 g/mol. The Morgan fingerprint density at radius 1 is 1.26 bits per heavy atom. The molecule has 1 fully saturated rings. The van der Waals surface area contributed by atoms with E-state index in [4.69, 9.17) is 21.1 Å². The first-order valence-corrected chi connectivity index (χ1v) is 14.3. The minimum atomic E-state index is -0.407. The second-order valence-corrected chi connectivity index (χ2v) is 12.0. The molecule has 0 amide bonds.